The second kappa shape index (κ2) is 11.7. The zero-order valence-electron chi connectivity index (χ0n) is 21.3. The number of rotatable bonds is 9. The first-order valence-corrected chi connectivity index (χ1v) is 12.1. The molecule has 0 saturated heterocycles. The number of aromatic nitrogens is 1. The van der Waals surface area contributed by atoms with Crippen LogP contribution in [0.3, 0.4) is 0 Å². The molecule has 202 valence electrons. The molecule has 8 nitrogen and oxygen atoms in total. The summed E-state index contributed by atoms with van der Waals surface area (Å²) in [7, 11) is 1.19. The zero-order valence-corrected chi connectivity index (χ0v) is 21.3. The van der Waals surface area contributed by atoms with Gasteiger partial charge in [-0.05, 0) is 36.5 Å². The highest BCUT2D eigenvalue weighted by molar-refractivity contribution is 5.95. The molecular weight excluding hydrogens is 489 g/mol. The van der Waals surface area contributed by atoms with Crippen molar-refractivity contribution in [1.82, 2.24) is 10.3 Å². The molecule has 0 spiro atoms. The number of nitrogens with one attached hydrogen (secondary N) is 2. The molecule has 1 aromatic heterocycles. The van der Waals surface area contributed by atoms with E-state index < -0.39 is 17.6 Å². The van der Waals surface area contributed by atoms with Gasteiger partial charge in [-0.2, -0.15) is 13.2 Å². The minimum Gasteiger partial charge on any atom is -0.494 e. The van der Waals surface area contributed by atoms with Gasteiger partial charge in [0.15, 0.2) is 11.4 Å². The molecule has 11 heteroatoms. The Kier molecular flexibility index (Phi) is 8.88. The van der Waals surface area contributed by atoms with E-state index in [0.29, 0.717) is 31.6 Å². The van der Waals surface area contributed by atoms with Crippen LogP contribution in [0.2, 0.25) is 0 Å². The molecule has 1 aliphatic heterocycles. The third-order valence-corrected chi connectivity index (χ3v) is 6.57. The van der Waals surface area contributed by atoms with Gasteiger partial charge in [-0.3, -0.25) is 10.2 Å². The third-order valence-electron chi connectivity index (χ3n) is 6.57. The number of benzene rings is 1. The van der Waals surface area contributed by atoms with E-state index in [9.17, 15) is 18.0 Å². The molecule has 3 atom stereocenters. The van der Waals surface area contributed by atoms with Crippen LogP contribution in [0.25, 0.3) is 0 Å². The molecule has 3 rings (SSSR count). The average Bonchev–Trinajstić information content (AvgIpc) is 2.85. The third kappa shape index (κ3) is 6.84. The van der Waals surface area contributed by atoms with E-state index in [4.69, 9.17) is 25.4 Å². The number of ether oxygens (including phenoxy) is 3. The standard InChI is InChI=1S/C26H33F3N4O4/c1-5-18(33-24(34)23-22(35-4)10-17(11-32-23)26(27,28)29)8-16-12-36-21-7-6-15(14(2)3)9-19(21)20(16)13-37-25(30)31/h6-7,9-11,14,16,18,20H,5,8,12-13H2,1-4H3,(H3,30,31)(H,33,34). The Labute approximate surface area is 214 Å². The first kappa shape index (κ1) is 28.1. The van der Waals surface area contributed by atoms with Crippen LogP contribution in [0.15, 0.2) is 30.5 Å². The number of carbonyl (C=O) groups is 1. The molecule has 0 saturated carbocycles. The van der Waals surface area contributed by atoms with Crippen LogP contribution in [0.4, 0.5) is 13.2 Å². The lowest BCUT2D eigenvalue weighted by atomic mass is 9.79. The molecule has 0 bridgehead atoms. The van der Waals surface area contributed by atoms with Crippen molar-refractivity contribution in [3.8, 4) is 11.5 Å². The van der Waals surface area contributed by atoms with Gasteiger partial charge >= 0.3 is 6.18 Å². The van der Waals surface area contributed by atoms with Crippen molar-refractivity contribution in [2.24, 2.45) is 11.7 Å². The normalized spacial score (nSPS) is 17.9. The van der Waals surface area contributed by atoms with Crippen LogP contribution >= 0.6 is 0 Å². The summed E-state index contributed by atoms with van der Waals surface area (Å²) in [6.07, 6.45) is -2.93. The fourth-order valence-electron chi connectivity index (χ4n) is 4.42. The predicted molar refractivity (Wildman–Crippen MR) is 132 cm³/mol. The lowest BCUT2D eigenvalue weighted by Gasteiger charge is -2.36. The Bertz CT molecular complexity index is 1120. The number of nitrogens with zero attached hydrogens (tertiary/aromatic N) is 1. The molecule has 2 aromatic rings. The van der Waals surface area contributed by atoms with Crippen LogP contribution in [-0.4, -0.2) is 43.3 Å². The topological polar surface area (TPSA) is 120 Å². The van der Waals surface area contributed by atoms with E-state index in [-0.39, 0.29) is 41.9 Å². The maximum Gasteiger partial charge on any atom is 0.418 e. The molecule has 1 amide bonds. The number of halogens is 3. The number of carbonyl (C=O) groups excluding carboxylic acids is 1. The number of methoxy groups -OCH3 is 1. The summed E-state index contributed by atoms with van der Waals surface area (Å²) in [4.78, 5) is 16.7. The number of amidine groups is 1. The van der Waals surface area contributed by atoms with E-state index in [1.807, 2.05) is 19.1 Å². The van der Waals surface area contributed by atoms with E-state index in [0.717, 1.165) is 22.9 Å². The number of nitrogens with two attached hydrogens (primary N) is 1. The van der Waals surface area contributed by atoms with E-state index in [2.05, 4.69) is 30.2 Å². The number of fused-ring (bicyclic) bond motifs is 1. The lowest BCUT2D eigenvalue weighted by molar-refractivity contribution is -0.137. The summed E-state index contributed by atoms with van der Waals surface area (Å²) in [5.41, 5.74) is 6.32. The summed E-state index contributed by atoms with van der Waals surface area (Å²) in [5.74, 6) is -0.0697. The minimum absolute atomic E-state index is 0.0815. The van der Waals surface area contributed by atoms with Crippen molar-refractivity contribution in [3.05, 3.63) is 52.8 Å². The van der Waals surface area contributed by atoms with Crippen LogP contribution in [0, 0.1) is 11.3 Å². The molecule has 0 fully saturated rings. The highest BCUT2D eigenvalue weighted by Crippen LogP contribution is 2.41. The quantitative estimate of drug-likeness (QED) is 0.321. The predicted octanol–water partition coefficient (Wildman–Crippen LogP) is 4.83. The Morgan fingerprint density at radius 1 is 1.32 bits per heavy atom. The molecule has 2 heterocycles. The first-order chi connectivity index (χ1) is 17.4. The van der Waals surface area contributed by atoms with Crippen LogP contribution in [-0.2, 0) is 10.9 Å². The van der Waals surface area contributed by atoms with E-state index in [1.54, 1.807) is 0 Å². The summed E-state index contributed by atoms with van der Waals surface area (Å²) >= 11 is 0. The van der Waals surface area contributed by atoms with Gasteiger partial charge in [-0.15, -0.1) is 0 Å². The largest absolute Gasteiger partial charge is 0.494 e. The number of amides is 1. The molecule has 4 N–H and O–H groups in total. The number of hydrogen-bond acceptors (Lipinski definition) is 6. The van der Waals surface area contributed by atoms with Crippen molar-refractivity contribution in [3.63, 3.8) is 0 Å². The second-order valence-electron chi connectivity index (χ2n) is 9.39. The van der Waals surface area contributed by atoms with Crippen molar-refractivity contribution in [2.75, 3.05) is 20.3 Å². The Hall–Kier alpha value is -3.50. The Morgan fingerprint density at radius 3 is 2.65 bits per heavy atom. The van der Waals surface area contributed by atoms with Crippen LogP contribution in [0.1, 0.15) is 72.6 Å². The Balaban J connectivity index is 1.82. The van der Waals surface area contributed by atoms with Gasteiger partial charge < -0.3 is 25.3 Å². The van der Waals surface area contributed by atoms with Gasteiger partial charge in [0, 0.05) is 29.6 Å². The maximum absolute atomic E-state index is 13.0. The number of hydrogen-bond donors (Lipinski definition) is 3. The molecule has 1 aromatic carbocycles. The number of pyridine rings is 1. The van der Waals surface area contributed by atoms with Gasteiger partial charge in [0.1, 0.15) is 5.75 Å². The van der Waals surface area contributed by atoms with Gasteiger partial charge in [0.25, 0.3) is 11.9 Å². The van der Waals surface area contributed by atoms with E-state index in [1.165, 1.54) is 7.11 Å². The molecular formula is C26H33F3N4O4. The number of alkyl halides is 3. The minimum atomic E-state index is -4.61. The van der Waals surface area contributed by atoms with Crippen LogP contribution < -0.4 is 20.5 Å². The van der Waals surface area contributed by atoms with Crippen LogP contribution in [0.5, 0.6) is 11.5 Å². The molecule has 0 radical (unpaired) electrons. The Morgan fingerprint density at radius 2 is 2.05 bits per heavy atom. The first-order valence-electron chi connectivity index (χ1n) is 12.1. The summed E-state index contributed by atoms with van der Waals surface area (Å²) in [5, 5.41) is 10.4. The fraction of sp³-hybridized carbons (Fsp3) is 0.500. The molecule has 37 heavy (non-hydrogen) atoms. The highest BCUT2D eigenvalue weighted by Gasteiger charge is 2.35. The summed E-state index contributed by atoms with van der Waals surface area (Å²) < 4.78 is 55.6. The van der Waals surface area contributed by atoms with Crippen molar-refractivity contribution >= 4 is 11.9 Å². The van der Waals surface area contributed by atoms with E-state index >= 15 is 0 Å². The highest BCUT2D eigenvalue weighted by atomic mass is 19.4. The fourth-order valence-corrected chi connectivity index (χ4v) is 4.42. The lowest BCUT2D eigenvalue weighted by Crippen LogP contribution is -2.40. The molecule has 0 aliphatic carbocycles. The second-order valence-corrected chi connectivity index (χ2v) is 9.39. The zero-order chi connectivity index (χ0) is 27.3. The van der Waals surface area contributed by atoms with Gasteiger partial charge in [0.05, 0.1) is 25.9 Å². The summed E-state index contributed by atoms with van der Waals surface area (Å²) in [6.45, 7) is 6.63. The average molecular weight is 523 g/mol. The SMILES string of the molecule is CCC(CC1COc2ccc(C(C)C)cc2C1COC(=N)N)NC(=O)c1ncc(C(F)(F)F)cc1OC. The smallest absolute Gasteiger partial charge is 0.418 e. The van der Waals surface area contributed by atoms with Crippen molar-refractivity contribution in [2.45, 2.75) is 57.7 Å². The van der Waals surface area contributed by atoms with Gasteiger partial charge in [-0.1, -0.05) is 32.9 Å². The van der Waals surface area contributed by atoms with Gasteiger partial charge in [0.2, 0.25) is 0 Å². The monoisotopic (exact) mass is 522 g/mol. The van der Waals surface area contributed by atoms with Gasteiger partial charge in [-0.25, -0.2) is 4.98 Å². The summed E-state index contributed by atoms with van der Waals surface area (Å²) in [6, 6.07) is 6.08. The maximum atomic E-state index is 13.0. The molecule has 3 unspecified atom stereocenters. The van der Waals surface area contributed by atoms with Crippen molar-refractivity contribution in [1.29, 1.82) is 5.41 Å². The molecule has 1 aliphatic rings. The van der Waals surface area contributed by atoms with Crippen molar-refractivity contribution < 1.29 is 32.2 Å².